The molecule has 0 saturated heterocycles. The third kappa shape index (κ3) is 3.13. The molecule has 1 aliphatic heterocycles. The summed E-state index contributed by atoms with van der Waals surface area (Å²) in [4.78, 5) is 25.5. The van der Waals surface area contributed by atoms with Crippen molar-refractivity contribution in [2.45, 2.75) is 45.3 Å². The van der Waals surface area contributed by atoms with Crippen LogP contribution in [0.25, 0.3) is 5.57 Å². The van der Waals surface area contributed by atoms with Gasteiger partial charge in [0.1, 0.15) is 11.6 Å². The summed E-state index contributed by atoms with van der Waals surface area (Å²) in [7, 11) is 0. The van der Waals surface area contributed by atoms with Crippen LogP contribution in [0.5, 0.6) is 0 Å². The Morgan fingerprint density at radius 1 is 1.33 bits per heavy atom. The van der Waals surface area contributed by atoms with E-state index < -0.39 is 23.7 Å². The van der Waals surface area contributed by atoms with E-state index in [0.717, 1.165) is 22.3 Å². The van der Waals surface area contributed by atoms with E-state index in [0.29, 0.717) is 11.4 Å². The van der Waals surface area contributed by atoms with E-state index in [1.807, 2.05) is 18.2 Å². The number of aliphatic carboxylic acids is 1. The van der Waals surface area contributed by atoms with Crippen LogP contribution in [0.15, 0.2) is 23.8 Å². The molecule has 1 atom stereocenters. The topological polar surface area (TPSA) is 66.8 Å². The van der Waals surface area contributed by atoms with E-state index in [1.165, 1.54) is 4.90 Å². The number of benzene rings is 1. The van der Waals surface area contributed by atoms with E-state index in [4.69, 9.17) is 16.3 Å². The predicted molar refractivity (Wildman–Crippen MR) is 91.1 cm³/mol. The Hall–Kier alpha value is -2.01. The lowest BCUT2D eigenvalue weighted by Crippen LogP contribution is -2.50. The molecule has 1 unspecified atom stereocenters. The Kier molecular flexibility index (Phi) is 4.08. The first kappa shape index (κ1) is 16.8. The van der Waals surface area contributed by atoms with Crippen molar-refractivity contribution in [3.8, 4) is 0 Å². The lowest BCUT2D eigenvalue weighted by molar-refractivity contribution is -0.143. The molecule has 1 aromatic carbocycles. The number of carboxylic acid groups (broad SMARTS) is 1. The predicted octanol–water partition coefficient (Wildman–Crippen LogP) is 3.74. The molecule has 1 N–H and O–H groups in total. The van der Waals surface area contributed by atoms with Gasteiger partial charge in [0.05, 0.1) is 0 Å². The SMILES string of the molecule is CC(C)(C)OC(=O)N1CC2=C(CC1C(=O)O)c1cc(Cl)ccc1C2. The second kappa shape index (κ2) is 5.81. The fourth-order valence-corrected chi connectivity index (χ4v) is 3.44. The summed E-state index contributed by atoms with van der Waals surface area (Å²) < 4.78 is 5.38. The average molecular weight is 350 g/mol. The summed E-state index contributed by atoms with van der Waals surface area (Å²) in [6.07, 6.45) is 0.403. The smallest absolute Gasteiger partial charge is 0.411 e. The van der Waals surface area contributed by atoms with Gasteiger partial charge in [-0.2, -0.15) is 0 Å². The molecule has 0 spiro atoms. The lowest BCUT2D eigenvalue weighted by atomic mass is 9.93. The Balaban J connectivity index is 1.92. The third-order valence-corrected chi connectivity index (χ3v) is 4.51. The highest BCUT2D eigenvalue weighted by molar-refractivity contribution is 6.30. The Morgan fingerprint density at radius 2 is 2.04 bits per heavy atom. The van der Waals surface area contributed by atoms with Crippen LogP contribution < -0.4 is 0 Å². The first-order chi connectivity index (χ1) is 11.2. The minimum Gasteiger partial charge on any atom is -0.480 e. The normalized spacial score (nSPS) is 19.8. The number of carbonyl (C=O) groups is 2. The van der Waals surface area contributed by atoms with Crippen LogP contribution in [0.4, 0.5) is 4.79 Å². The maximum atomic E-state index is 12.4. The summed E-state index contributed by atoms with van der Waals surface area (Å²) in [6, 6.07) is 4.74. The second-order valence-corrected chi connectivity index (χ2v) is 7.66. The number of hydrogen-bond acceptors (Lipinski definition) is 3. The third-order valence-electron chi connectivity index (χ3n) is 4.28. The molecule has 5 nitrogen and oxygen atoms in total. The monoisotopic (exact) mass is 349 g/mol. The van der Waals surface area contributed by atoms with Crippen LogP contribution >= 0.6 is 11.6 Å². The molecule has 3 rings (SSSR count). The molecular weight excluding hydrogens is 330 g/mol. The molecule has 2 aliphatic rings. The van der Waals surface area contributed by atoms with Crippen molar-refractivity contribution in [2.75, 3.05) is 6.54 Å². The highest BCUT2D eigenvalue weighted by atomic mass is 35.5. The highest BCUT2D eigenvalue weighted by Crippen LogP contribution is 2.41. The largest absolute Gasteiger partial charge is 0.480 e. The van der Waals surface area contributed by atoms with Gasteiger partial charge < -0.3 is 9.84 Å². The first-order valence-corrected chi connectivity index (χ1v) is 8.25. The Labute approximate surface area is 145 Å². The van der Waals surface area contributed by atoms with Crippen LogP contribution in [0.2, 0.25) is 5.02 Å². The minimum absolute atomic E-state index is 0.271. The number of amides is 1. The molecule has 0 radical (unpaired) electrons. The summed E-state index contributed by atoms with van der Waals surface area (Å²) in [6.45, 7) is 5.57. The Bertz CT molecular complexity index is 748. The van der Waals surface area contributed by atoms with Crippen molar-refractivity contribution < 1.29 is 19.4 Å². The number of carbonyl (C=O) groups excluding carboxylic acids is 1. The van der Waals surface area contributed by atoms with Crippen molar-refractivity contribution in [3.63, 3.8) is 0 Å². The van der Waals surface area contributed by atoms with Gasteiger partial charge in [-0.3, -0.25) is 4.90 Å². The number of halogens is 1. The Morgan fingerprint density at radius 3 is 2.67 bits per heavy atom. The zero-order valence-corrected chi connectivity index (χ0v) is 14.7. The lowest BCUT2D eigenvalue weighted by Gasteiger charge is -2.35. The molecule has 128 valence electrons. The van der Waals surface area contributed by atoms with Crippen LogP contribution in [0, 0.1) is 0 Å². The van der Waals surface area contributed by atoms with Gasteiger partial charge in [-0.15, -0.1) is 0 Å². The van der Waals surface area contributed by atoms with Crippen LogP contribution in [0.1, 0.15) is 38.3 Å². The van der Waals surface area contributed by atoms with Crippen molar-refractivity contribution >= 4 is 29.2 Å². The van der Waals surface area contributed by atoms with Crippen molar-refractivity contribution in [2.24, 2.45) is 0 Å². The summed E-state index contributed by atoms with van der Waals surface area (Å²) in [5.74, 6) is -1.03. The van der Waals surface area contributed by atoms with Gasteiger partial charge in [0.25, 0.3) is 0 Å². The molecule has 0 bridgehead atoms. The quantitative estimate of drug-likeness (QED) is 0.838. The van der Waals surface area contributed by atoms with Gasteiger partial charge in [-0.25, -0.2) is 9.59 Å². The van der Waals surface area contributed by atoms with Crippen LogP contribution in [0.3, 0.4) is 0 Å². The summed E-state index contributed by atoms with van der Waals surface area (Å²) in [5.41, 5.74) is 3.53. The molecule has 24 heavy (non-hydrogen) atoms. The first-order valence-electron chi connectivity index (χ1n) is 7.88. The summed E-state index contributed by atoms with van der Waals surface area (Å²) >= 11 is 6.08. The van der Waals surface area contributed by atoms with Crippen molar-refractivity contribution in [1.82, 2.24) is 4.90 Å². The van der Waals surface area contributed by atoms with Gasteiger partial charge in [0, 0.05) is 18.0 Å². The van der Waals surface area contributed by atoms with Gasteiger partial charge >= 0.3 is 12.1 Å². The number of ether oxygens (including phenoxy) is 1. The zero-order valence-electron chi connectivity index (χ0n) is 13.9. The molecule has 1 heterocycles. The molecule has 1 aromatic rings. The number of carboxylic acids is 1. The van der Waals surface area contributed by atoms with Gasteiger partial charge in [-0.1, -0.05) is 17.7 Å². The van der Waals surface area contributed by atoms with Crippen molar-refractivity contribution in [1.29, 1.82) is 0 Å². The standard InChI is InChI=1S/C18H20ClNO4/c1-18(2,3)24-17(23)20-9-11-6-10-4-5-12(19)7-13(10)14(11)8-15(20)16(21)22/h4-5,7,15H,6,8-9H2,1-3H3,(H,21,22). The maximum Gasteiger partial charge on any atom is 0.411 e. The fraction of sp³-hybridized carbons (Fsp3) is 0.444. The van der Waals surface area contributed by atoms with E-state index in [9.17, 15) is 14.7 Å². The number of rotatable bonds is 1. The number of fused-ring (bicyclic) bond motifs is 2. The molecule has 1 amide bonds. The number of nitrogens with zero attached hydrogens (tertiary/aromatic N) is 1. The average Bonchev–Trinajstić information content (AvgIpc) is 2.81. The molecule has 1 aliphatic carbocycles. The van der Waals surface area contributed by atoms with Gasteiger partial charge in [0.15, 0.2) is 0 Å². The minimum atomic E-state index is -1.03. The van der Waals surface area contributed by atoms with E-state index in [1.54, 1.807) is 20.8 Å². The molecule has 0 aromatic heterocycles. The highest BCUT2D eigenvalue weighted by Gasteiger charge is 2.40. The van der Waals surface area contributed by atoms with E-state index in [-0.39, 0.29) is 13.0 Å². The molecule has 0 fully saturated rings. The van der Waals surface area contributed by atoms with E-state index in [2.05, 4.69) is 0 Å². The van der Waals surface area contributed by atoms with Gasteiger partial charge in [0.2, 0.25) is 0 Å². The maximum absolute atomic E-state index is 12.4. The molecule has 0 saturated carbocycles. The second-order valence-electron chi connectivity index (χ2n) is 7.23. The summed E-state index contributed by atoms with van der Waals surface area (Å²) in [5, 5.41) is 10.2. The van der Waals surface area contributed by atoms with Crippen LogP contribution in [-0.4, -0.2) is 40.3 Å². The van der Waals surface area contributed by atoms with Crippen molar-refractivity contribution in [3.05, 3.63) is 39.9 Å². The fourth-order valence-electron chi connectivity index (χ4n) is 3.27. The number of hydrogen-bond donors (Lipinski definition) is 1. The molecular formula is C18H20ClNO4. The van der Waals surface area contributed by atoms with Crippen LogP contribution in [-0.2, 0) is 16.0 Å². The van der Waals surface area contributed by atoms with Gasteiger partial charge in [-0.05, 0) is 61.6 Å². The molecule has 6 heteroatoms. The van der Waals surface area contributed by atoms with E-state index >= 15 is 0 Å². The zero-order chi connectivity index (χ0) is 17.6.